The van der Waals surface area contributed by atoms with Crippen molar-refractivity contribution in [2.75, 3.05) is 0 Å². The van der Waals surface area contributed by atoms with Gasteiger partial charge in [-0.2, -0.15) is 0 Å². The zero-order chi connectivity index (χ0) is 21.7. The summed E-state index contributed by atoms with van der Waals surface area (Å²) in [5.74, 6) is 1.06. The van der Waals surface area contributed by atoms with E-state index in [1.807, 2.05) is 32.3 Å². The van der Waals surface area contributed by atoms with Crippen molar-refractivity contribution in [1.82, 2.24) is 0 Å². The third-order valence-corrected chi connectivity index (χ3v) is 14.7. The SMILES string of the molecule is CC(C)C(=O)C/C(=C\C/C=C/O[Si](C)(C)C(C)(C)C)O[Si](C)(C)C(C)(C)C. The van der Waals surface area contributed by atoms with Gasteiger partial charge in [-0.1, -0.05) is 55.4 Å². The Kier molecular flexibility index (Phi) is 9.30. The second-order valence-electron chi connectivity index (χ2n) is 10.8. The van der Waals surface area contributed by atoms with Crippen molar-refractivity contribution in [3.05, 3.63) is 24.2 Å². The molecule has 27 heavy (non-hydrogen) atoms. The van der Waals surface area contributed by atoms with Gasteiger partial charge in [-0.15, -0.1) is 0 Å². The van der Waals surface area contributed by atoms with Crippen LogP contribution in [0.3, 0.4) is 0 Å². The molecule has 0 aliphatic rings. The summed E-state index contributed by atoms with van der Waals surface area (Å²) < 4.78 is 12.5. The van der Waals surface area contributed by atoms with E-state index in [-0.39, 0.29) is 21.8 Å². The van der Waals surface area contributed by atoms with Gasteiger partial charge in [0, 0.05) is 5.92 Å². The minimum absolute atomic E-state index is 0.0221. The van der Waals surface area contributed by atoms with E-state index >= 15 is 0 Å². The number of carbonyl (C=O) groups excluding carboxylic acids is 1. The fourth-order valence-corrected chi connectivity index (χ4v) is 3.56. The van der Waals surface area contributed by atoms with E-state index in [1.165, 1.54) is 0 Å². The normalized spacial score (nSPS) is 14.8. The first-order valence-electron chi connectivity index (χ1n) is 10.1. The maximum absolute atomic E-state index is 12.3. The highest BCUT2D eigenvalue weighted by Crippen LogP contribution is 2.39. The van der Waals surface area contributed by atoms with Crippen LogP contribution in [0.5, 0.6) is 0 Å². The number of allylic oxidation sites excluding steroid dienone is 3. The smallest absolute Gasteiger partial charge is 0.250 e. The lowest BCUT2D eigenvalue weighted by molar-refractivity contribution is -0.121. The average molecular weight is 413 g/mol. The molecule has 0 unspecified atom stereocenters. The van der Waals surface area contributed by atoms with Gasteiger partial charge in [0.1, 0.15) is 5.78 Å². The summed E-state index contributed by atoms with van der Waals surface area (Å²) in [6.07, 6.45) is 6.99. The van der Waals surface area contributed by atoms with E-state index < -0.39 is 16.6 Å². The fourth-order valence-electron chi connectivity index (χ4n) is 1.66. The van der Waals surface area contributed by atoms with Crippen LogP contribution in [-0.2, 0) is 13.6 Å². The first-order valence-corrected chi connectivity index (χ1v) is 16.0. The van der Waals surface area contributed by atoms with E-state index in [9.17, 15) is 4.79 Å². The van der Waals surface area contributed by atoms with Gasteiger partial charge in [-0.05, 0) is 54.8 Å². The Morgan fingerprint density at radius 1 is 0.926 bits per heavy atom. The molecule has 0 spiro atoms. The molecule has 0 saturated heterocycles. The average Bonchev–Trinajstić information content (AvgIpc) is 2.43. The molecule has 3 nitrogen and oxygen atoms in total. The third-order valence-electron chi connectivity index (χ3n) is 5.93. The van der Waals surface area contributed by atoms with Crippen molar-refractivity contribution in [1.29, 1.82) is 0 Å². The van der Waals surface area contributed by atoms with Gasteiger partial charge in [0.15, 0.2) is 0 Å². The number of rotatable bonds is 9. The van der Waals surface area contributed by atoms with Crippen molar-refractivity contribution in [2.24, 2.45) is 5.92 Å². The summed E-state index contributed by atoms with van der Waals surface area (Å²) >= 11 is 0. The standard InChI is InChI=1S/C22H44O3Si2/c1-18(2)20(23)17-19(25-27(11,12)22(6,7)8)15-13-14-16-24-26(9,10)21(3,4)5/h14-16,18H,13,17H2,1-12H3/b16-14+,19-15+. The quantitative estimate of drug-likeness (QED) is 0.292. The summed E-state index contributed by atoms with van der Waals surface area (Å²) in [4.78, 5) is 12.3. The molecule has 0 saturated carbocycles. The molecule has 0 fully saturated rings. The second-order valence-corrected chi connectivity index (χ2v) is 20.3. The number of hydrogen-bond donors (Lipinski definition) is 0. The minimum atomic E-state index is -1.96. The van der Waals surface area contributed by atoms with Crippen LogP contribution in [0.4, 0.5) is 0 Å². The zero-order valence-corrected chi connectivity index (χ0v) is 21.9. The molecule has 0 aromatic carbocycles. The number of carbonyl (C=O) groups is 1. The van der Waals surface area contributed by atoms with E-state index in [0.29, 0.717) is 12.8 Å². The zero-order valence-electron chi connectivity index (χ0n) is 19.9. The predicted molar refractivity (Wildman–Crippen MR) is 123 cm³/mol. The highest BCUT2D eigenvalue weighted by Gasteiger charge is 2.40. The lowest BCUT2D eigenvalue weighted by Crippen LogP contribution is -2.40. The molecule has 5 heteroatoms. The van der Waals surface area contributed by atoms with Crippen LogP contribution in [0.25, 0.3) is 0 Å². The first kappa shape index (κ1) is 26.2. The topological polar surface area (TPSA) is 35.5 Å². The number of Topliss-reactive ketones (excluding diaryl/α,β-unsaturated/α-hetero) is 1. The molecule has 0 aromatic heterocycles. The summed E-state index contributed by atoms with van der Waals surface area (Å²) in [7, 11) is -3.73. The highest BCUT2D eigenvalue weighted by atomic mass is 28.4. The van der Waals surface area contributed by atoms with E-state index in [4.69, 9.17) is 8.85 Å². The largest absolute Gasteiger partial charge is 0.549 e. The van der Waals surface area contributed by atoms with Crippen molar-refractivity contribution in [3.8, 4) is 0 Å². The van der Waals surface area contributed by atoms with Crippen LogP contribution in [0.1, 0.15) is 68.2 Å². The van der Waals surface area contributed by atoms with Gasteiger partial charge >= 0.3 is 0 Å². The van der Waals surface area contributed by atoms with Crippen LogP contribution < -0.4 is 0 Å². The molecule has 0 rings (SSSR count). The van der Waals surface area contributed by atoms with Gasteiger partial charge in [-0.25, -0.2) is 0 Å². The third kappa shape index (κ3) is 8.82. The Bertz CT molecular complexity index is 545. The van der Waals surface area contributed by atoms with E-state index in [0.717, 1.165) is 5.76 Å². The monoisotopic (exact) mass is 412 g/mol. The van der Waals surface area contributed by atoms with Crippen LogP contribution in [0, 0.1) is 5.92 Å². The fraction of sp³-hybridized carbons (Fsp3) is 0.773. The highest BCUT2D eigenvalue weighted by molar-refractivity contribution is 6.74. The van der Waals surface area contributed by atoms with Gasteiger partial charge in [0.05, 0.1) is 18.4 Å². The number of ketones is 1. The first-order chi connectivity index (χ1) is 11.9. The molecule has 0 aliphatic carbocycles. The Hall–Kier alpha value is -0.816. The predicted octanol–water partition coefficient (Wildman–Crippen LogP) is 7.43. The number of hydrogen-bond acceptors (Lipinski definition) is 3. The van der Waals surface area contributed by atoms with Crippen molar-refractivity contribution < 1.29 is 13.6 Å². The molecule has 0 bridgehead atoms. The summed E-state index contributed by atoms with van der Waals surface area (Å²) in [6, 6.07) is 0. The van der Waals surface area contributed by atoms with Crippen molar-refractivity contribution in [3.63, 3.8) is 0 Å². The molecule has 0 amide bonds. The van der Waals surface area contributed by atoms with E-state index in [1.54, 1.807) is 0 Å². The van der Waals surface area contributed by atoms with Crippen LogP contribution >= 0.6 is 0 Å². The summed E-state index contributed by atoms with van der Waals surface area (Å²) in [6.45, 7) is 26.1. The molecule has 0 heterocycles. The van der Waals surface area contributed by atoms with Crippen molar-refractivity contribution >= 4 is 22.4 Å². The molecule has 0 atom stereocenters. The van der Waals surface area contributed by atoms with Gasteiger partial charge in [0.25, 0.3) is 0 Å². The van der Waals surface area contributed by atoms with Gasteiger partial charge < -0.3 is 8.85 Å². The lowest BCUT2D eigenvalue weighted by atomic mass is 10.1. The molecular weight excluding hydrogens is 368 g/mol. The Morgan fingerprint density at radius 2 is 1.41 bits per heavy atom. The molecule has 158 valence electrons. The van der Waals surface area contributed by atoms with E-state index in [2.05, 4.69) is 67.7 Å². The van der Waals surface area contributed by atoms with Crippen molar-refractivity contribution in [2.45, 2.75) is 104 Å². The molecule has 0 N–H and O–H groups in total. The Balaban J connectivity index is 5.18. The lowest BCUT2D eigenvalue weighted by Gasteiger charge is -2.37. The van der Waals surface area contributed by atoms with Crippen LogP contribution in [-0.4, -0.2) is 22.4 Å². The van der Waals surface area contributed by atoms with Crippen LogP contribution in [0.15, 0.2) is 24.2 Å². The Labute approximate surface area is 170 Å². The molecule has 0 aliphatic heterocycles. The van der Waals surface area contributed by atoms with Gasteiger partial charge in [0.2, 0.25) is 16.6 Å². The molecular formula is C22H44O3Si2. The second kappa shape index (κ2) is 9.59. The minimum Gasteiger partial charge on any atom is -0.549 e. The molecule has 0 radical (unpaired) electrons. The van der Waals surface area contributed by atoms with Gasteiger partial charge in [-0.3, -0.25) is 4.79 Å². The summed E-state index contributed by atoms with van der Waals surface area (Å²) in [5.41, 5.74) is 0. The maximum atomic E-state index is 12.3. The maximum Gasteiger partial charge on any atom is 0.250 e. The summed E-state index contributed by atoms with van der Waals surface area (Å²) in [5, 5.41) is 0.293. The van der Waals surface area contributed by atoms with Crippen LogP contribution in [0.2, 0.25) is 36.3 Å². The molecule has 0 aromatic rings. The Morgan fingerprint density at radius 3 is 1.81 bits per heavy atom.